The summed E-state index contributed by atoms with van der Waals surface area (Å²) in [5, 5.41) is 0. The van der Waals surface area contributed by atoms with Crippen LogP contribution in [0.5, 0.6) is 5.75 Å². The zero-order valence-corrected chi connectivity index (χ0v) is 14.4. The Hall–Kier alpha value is -2.04. The molecule has 24 heavy (non-hydrogen) atoms. The van der Waals surface area contributed by atoms with Crippen LogP contribution in [0.2, 0.25) is 0 Å². The molecule has 0 N–H and O–H groups in total. The van der Waals surface area contributed by atoms with E-state index in [4.69, 9.17) is 9.47 Å². The summed E-state index contributed by atoms with van der Waals surface area (Å²) < 4.78 is 10.6. The largest absolute Gasteiger partial charge is 0.496 e. The van der Waals surface area contributed by atoms with Gasteiger partial charge in [-0.05, 0) is 38.7 Å². The second kappa shape index (κ2) is 6.83. The van der Waals surface area contributed by atoms with Gasteiger partial charge >= 0.3 is 5.97 Å². The summed E-state index contributed by atoms with van der Waals surface area (Å²) in [7, 11) is 1.64. The van der Waals surface area contributed by atoms with Crippen LogP contribution in [0.25, 0.3) is 0 Å². The Morgan fingerprint density at radius 1 is 1.29 bits per heavy atom. The van der Waals surface area contributed by atoms with Gasteiger partial charge < -0.3 is 14.4 Å². The molecule has 1 heterocycles. The van der Waals surface area contributed by atoms with Crippen molar-refractivity contribution in [3.8, 4) is 5.75 Å². The smallest absolute Gasteiger partial charge is 0.310 e. The molecule has 0 spiro atoms. The zero-order valence-electron chi connectivity index (χ0n) is 14.4. The summed E-state index contributed by atoms with van der Waals surface area (Å²) in [6.45, 7) is 3.37. The third kappa shape index (κ3) is 2.99. The van der Waals surface area contributed by atoms with Crippen molar-refractivity contribution in [1.82, 2.24) is 4.90 Å². The Labute approximate surface area is 142 Å². The molecule has 1 unspecified atom stereocenters. The van der Waals surface area contributed by atoms with Gasteiger partial charge in [0.05, 0.1) is 25.0 Å². The Balaban J connectivity index is 1.77. The van der Waals surface area contributed by atoms with Gasteiger partial charge in [-0.15, -0.1) is 0 Å². The normalized spacial score (nSPS) is 21.9. The Morgan fingerprint density at radius 2 is 2.04 bits per heavy atom. The van der Waals surface area contributed by atoms with E-state index in [9.17, 15) is 9.59 Å². The SMILES string of the molecule is CCOC(=O)C1CCCN(C(=O)C2(c3ccccc3OC)CC2)C1. The van der Waals surface area contributed by atoms with Crippen LogP contribution < -0.4 is 4.74 Å². The van der Waals surface area contributed by atoms with E-state index in [0.717, 1.165) is 37.0 Å². The number of rotatable bonds is 5. The minimum atomic E-state index is -0.469. The molecule has 1 aromatic rings. The van der Waals surface area contributed by atoms with E-state index in [0.29, 0.717) is 19.7 Å². The molecule has 1 aromatic carbocycles. The second-order valence-electron chi connectivity index (χ2n) is 6.62. The number of likely N-dealkylation sites (tertiary alicyclic amines) is 1. The van der Waals surface area contributed by atoms with Gasteiger partial charge in [-0.1, -0.05) is 18.2 Å². The summed E-state index contributed by atoms with van der Waals surface area (Å²) in [6, 6.07) is 7.75. The summed E-state index contributed by atoms with van der Waals surface area (Å²) in [5.74, 6) is 0.511. The number of carbonyl (C=O) groups is 2. The fraction of sp³-hybridized carbons (Fsp3) is 0.579. The molecule has 130 valence electrons. The fourth-order valence-electron chi connectivity index (χ4n) is 3.68. The predicted molar refractivity (Wildman–Crippen MR) is 89.8 cm³/mol. The van der Waals surface area contributed by atoms with Gasteiger partial charge in [-0.2, -0.15) is 0 Å². The van der Waals surface area contributed by atoms with Crippen molar-refractivity contribution in [1.29, 1.82) is 0 Å². The molecule has 5 nitrogen and oxygen atoms in total. The topological polar surface area (TPSA) is 55.8 Å². The predicted octanol–water partition coefficient (Wildman–Crippen LogP) is 2.53. The average Bonchev–Trinajstić information content (AvgIpc) is 3.43. The summed E-state index contributed by atoms with van der Waals surface area (Å²) in [4.78, 5) is 27.1. The van der Waals surface area contributed by atoms with Crippen molar-refractivity contribution in [3.05, 3.63) is 29.8 Å². The van der Waals surface area contributed by atoms with Gasteiger partial charge in [0.25, 0.3) is 0 Å². The molecule has 2 fully saturated rings. The highest BCUT2D eigenvalue weighted by atomic mass is 16.5. The van der Waals surface area contributed by atoms with E-state index in [2.05, 4.69) is 0 Å². The molecule has 3 rings (SSSR count). The van der Waals surface area contributed by atoms with Crippen LogP contribution in [0, 0.1) is 5.92 Å². The number of esters is 1. The number of benzene rings is 1. The van der Waals surface area contributed by atoms with Gasteiger partial charge in [-0.25, -0.2) is 0 Å². The van der Waals surface area contributed by atoms with Crippen molar-refractivity contribution < 1.29 is 19.1 Å². The molecule has 1 saturated carbocycles. The van der Waals surface area contributed by atoms with Crippen LogP contribution in [-0.2, 0) is 19.7 Å². The summed E-state index contributed by atoms with van der Waals surface area (Å²) in [6.07, 6.45) is 3.32. The van der Waals surface area contributed by atoms with E-state index < -0.39 is 5.41 Å². The van der Waals surface area contributed by atoms with Gasteiger partial charge in [0.15, 0.2) is 0 Å². The monoisotopic (exact) mass is 331 g/mol. The third-order valence-corrected chi connectivity index (χ3v) is 5.11. The molecular formula is C19H25NO4. The zero-order chi connectivity index (χ0) is 17.2. The summed E-state index contributed by atoms with van der Waals surface area (Å²) in [5.41, 5.74) is 0.499. The number of piperidine rings is 1. The molecule has 1 amide bonds. The maximum Gasteiger partial charge on any atom is 0.310 e. The molecule has 0 aromatic heterocycles. The second-order valence-corrected chi connectivity index (χ2v) is 6.62. The first-order valence-electron chi connectivity index (χ1n) is 8.72. The number of hydrogen-bond acceptors (Lipinski definition) is 4. The van der Waals surface area contributed by atoms with E-state index >= 15 is 0 Å². The molecule has 1 atom stereocenters. The van der Waals surface area contributed by atoms with Gasteiger partial charge in [0.1, 0.15) is 5.75 Å². The van der Waals surface area contributed by atoms with Crippen LogP contribution in [-0.4, -0.2) is 43.6 Å². The van der Waals surface area contributed by atoms with E-state index in [-0.39, 0.29) is 17.8 Å². The Kier molecular flexibility index (Phi) is 4.78. The molecule has 1 aliphatic carbocycles. The lowest BCUT2D eigenvalue weighted by Gasteiger charge is -2.34. The average molecular weight is 331 g/mol. The molecule has 2 aliphatic rings. The van der Waals surface area contributed by atoms with Crippen LogP contribution in [0.4, 0.5) is 0 Å². The standard InChI is InChI=1S/C19H25NO4/c1-3-24-17(21)14-7-6-12-20(13-14)18(22)19(10-11-19)15-8-4-5-9-16(15)23-2/h4-5,8-9,14H,3,6-7,10-13H2,1-2H3. The van der Waals surface area contributed by atoms with Crippen molar-refractivity contribution in [3.63, 3.8) is 0 Å². The van der Waals surface area contributed by atoms with Crippen LogP contribution in [0.3, 0.4) is 0 Å². The number of carbonyl (C=O) groups excluding carboxylic acids is 2. The number of ether oxygens (including phenoxy) is 2. The number of amides is 1. The number of hydrogen-bond donors (Lipinski definition) is 0. The van der Waals surface area contributed by atoms with E-state index in [1.54, 1.807) is 7.11 Å². The molecule has 1 saturated heterocycles. The first kappa shape index (κ1) is 16.8. The first-order chi connectivity index (χ1) is 11.6. The molecule has 0 radical (unpaired) electrons. The van der Waals surface area contributed by atoms with Crippen LogP contribution in [0.1, 0.15) is 38.2 Å². The highest BCUT2D eigenvalue weighted by Gasteiger charge is 2.55. The highest BCUT2D eigenvalue weighted by Crippen LogP contribution is 2.52. The number of para-hydroxylation sites is 1. The lowest BCUT2D eigenvalue weighted by molar-refractivity contribution is -0.151. The molecule has 0 bridgehead atoms. The quantitative estimate of drug-likeness (QED) is 0.778. The van der Waals surface area contributed by atoms with Gasteiger partial charge in [0.2, 0.25) is 5.91 Å². The van der Waals surface area contributed by atoms with Crippen molar-refractivity contribution in [2.45, 2.75) is 38.0 Å². The van der Waals surface area contributed by atoms with E-state index in [1.165, 1.54) is 0 Å². The highest BCUT2D eigenvalue weighted by molar-refractivity contribution is 5.92. The Bertz CT molecular complexity index is 624. The Morgan fingerprint density at radius 3 is 2.71 bits per heavy atom. The van der Waals surface area contributed by atoms with Crippen molar-refractivity contribution in [2.75, 3.05) is 26.8 Å². The van der Waals surface area contributed by atoms with Crippen LogP contribution >= 0.6 is 0 Å². The number of nitrogens with zero attached hydrogens (tertiary/aromatic N) is 1. The van der Waals surface area contributed by atoms with Crippen molar-refractivity contribution in [2.24, 2.45) is 5.92 Å². The minimum Gasteiger partial charge on any atom is -0.496 e. The maximum absolute atomic E-state index is 13.2. The molecular weight excluding hydrogens is 306 g/mol. The van der Waals surface area contributed by atoms with Crippen LogP contribution in [0.15, 0.2) is 24.3 Å². The van der Waals surface area contributed by atoms with Crippen molar-refractivity contribution >= 4 is 11.9 Å². The molecule has 1 aliphatic heterocycles. The van der Waals surface area contributed by atoms with Gasteiger partial charge in [0, 0.05) is 18.7 Å². The third-order valence-electron chi connectivity index (χ3n) is 5.11. The summed E-state index contributed by atoms with van der Waals surface area (Å²) >= 11 is 0. The first-order valence-corrected chi connectivity index (χ1v) is 8.72. The minimum absolute atomic E-state index is 0.126. The number of methoxy groups -OCH3 is 1. The van der Waals surface area contributed by atoms with E-state index in [1.807, 2.05) is 36.1 Å². The van der Waals surface area contributed by atoms with Gasteiger partial charge in [-0.3, -0.25) is 9.59 Å². The lowest BCUT2D eigenvalue weighted by atomic mass is 9.90. The molecule has 5 heteroatoms. The fourth-order valence-corrected chi connectivity index (χ4v) is 3.68. The lowest BCUT2D eigenvalue weighted by Crippen LogP contribution is -2.47. The maximum atomic E-state index is 13.2.